The fourth-order valence-corrected chi connectivity index (χ4v) is 1.76. The molecule has 0 bridgehead atoms. The minimum absolute atomic E-state index is 0.00310. The average molecular weight is 191 g/mol. The maximum atomic E-state index is 6.04. The van der Waals surface area contributed by atoms with E-state index < -0.39 is 0 Å². The number of para-hydroxylation sites is 1. The van der Waals surface area contributed by atoms with E-state index in [4.69, 9.17) is 4.74 Å². The zero-order valence-corrected chi connectivity index (χ0v) is 9.05. The van der Waals surface area contributed by atoms with Crippen LogP contribution in [0.25, 0.3) is 0 Å². The molecule has 0 radical (unpaired) electrons. The summed E-state index contributed by atoms with van der Waals surface area (Å²) in [5, 5.41) is 3.24. The van der Waals surface area contributed by atoms with Crippen molar-refractivity contribution in [3.05, 3.63) is 29.3 Å². The summed E-state index contributed by atoms with van der Waals surface area (Å²) in [6.07, 6.45) is 0. The Morgan fingerprint density at radius 1 is 1.21 bits per heavy atom. The summed E-state index contributed by atoms with van der Waals surface area (Å²) in [6, 6.07) is 6.26. The molecular weight excluding hydrogens is 174 g/mol. The summed E-state index contributed by atoms with van der Waals surface area (Å²) < 4.78 is 6.04. The SMILES string of the molecule is Cc1cccc(C)c1OC1(C)CNC1. The second kappa shape index (κ2) is 3.28. The Labute approximate surface area is 85.3 Å². The maximum Gasteiger partial charge on any atom is 0.131 e. The molecule has 0 aromatic heterocycles. The van der Waals surface area contributed by atoms with Gasteiger partial charge in [-0.25, -0.2) is 0 Å². The van der Waals surface area contributed by atoms with Gasteiger partial charge in [-0.05, 0) is 31.9 Å². The molecule has 0 atom stereocenters. The Morgan fingerprint density at radius 3 is 2.21 bits per heavy atom. The molecule has 0 aliphatic carbocycles. The van der Waals surface area contributed by atoms with Crippen molar-refractivity contribution in [2.45, 2.75) is 26.4 Å². The van der Waals surface area contributed by atoms with Gasteiger partial charge < -0.3 is 10.1 Å². The van der Waals surface area contributed by atoms with E-state index in [1.807, 2.05) is 0 Å². The lowest BCUT2D eigenvalue weighted by molar-refractivity contribution is 0.0335. The van der Waals surface area contributed by atoms with Gasteiger partial charge in [0.1, 0.15) is 11.4 Å². The highest BCUT2D eigenvalue weighted by Gasteiger charge is 2.34. The van der Waals surface area contributed by atoms with Crippen molar-refractivity contribution in [3.8, 4) is 5.75 Å². The van der Waals surface area contributed by atoms with Gasteiger partial charge in [0.25, 0.3) is 0 Å². The first kappa shape index (κ1) is 9.53. The summed E-state index contributed by atoms with van der Waals surface area (Å²) in [5.74, 6) is 1.05. The predicted molar refractivity (Wildman–Crippen MR) is 57.8 cm³/mol. The van der Waals surface area contributed by atoms with Crippen LogP contribution in [0.4, 0.5) is 0 Å². The van der Waals surface area contributed by atoms with Gasteiger partial charge in [0.05, 0.1) is 0 Å². The standard InChI is InChI=1S/C12H17NO/c1-9-5-4-6-10(2)11(9)14-12(3)7-13-8-12/h4-6,13H,7-8H2,1-3H3. The number of aryl methyl sites for hydroxylation is 2. The van der Waals surface area contributed by atoms with Gasteiger partial charge in [0, 0.05) is 13.1 Å². The van der Waals surface area contributed by atoms with Gasteiger partial charge in [0.2, 0.25) is 0 Å². The number of nitrogens with one attached hydrogen (secondary N) is 1. The van der Waals surface area contributed by atoms with Crippen LogP contribution in [0.1, 0.15) is 18.1 Å². The number of rotatable bonds is 2. The van der Waals surface area contributed by atoms with E-state index in [0.29, 0.717) is 0 Å². The topological polar surface area (TPSA) is 21.3 Å². The number of ether oxygens (including phenoxy) is 1. The summed E-state index contributed by atoms with van der Waals surface area (Å²) in [5.41, 5.74) is 2.44. The molecule has 1 aliphatic rings. The molecular formula is C12H17NO. The molecule has 1 heterocycles. The zero-order chi connectivity index (χ0) is 10.2. The minimum Gasteiger partial charge on any atom is -0.484 e. The van der Waals surface area contributed by atoms with Crippen LogP contribution < -0.4 is 10.1 Å². The van der Waals surface area contributed by atoms with Gasteiger partial charge in [-0.2, -0.15) is 0 Å². The fourth-order valence-electron chi connectivity index (χ4n) is 1.76. The first-order valence-corrected chi connectivity index (χ1v) is 5.07. The maximum absolute atomic E-state index is 6.04. The molecule has 0 unspecified atom stereocenters. The summed E-state index contributed by atoms with van der Waals surface area (Å²) in [7, 11) is 0. The van der Waals surface area contributed by atoms with Gasteiger partial charge in [0.15, 0.2) is 0 Å². The second-order valence-electron chi connectivity index (χ2n) is 4.38. The zero-order valence-electron chi connectivity index (χ0n) is 9.05. The summed E-state index contributed by atoms with van der Waals surface area (Å²) in [6.45, 7) is 8.23. The minimum atomic E-state index is -0.00310. The summed E-state index contributed by atoms with van der Waals surface area (Å²) >= 11 is 0. The van der Waals surface area contributed by atoms with Crippen LogP contribution in [-0.2, 0) is 0 Å². The fraction of sp³-hybridized carbons (Fsp3) is 0.500. The molecule has 1 aromatic carbocycles. The Morgan fingerprint density at radius 2 is 1.79 bits per heavy atom. The van der Waals surface area contributed by atoms with Gasteiger partial charge in [-0.3, -0.25) is 0 Å². The van der Waals surface area contributed by atoms with Crippen molar-refractivity contribution in [2.24, 2.45) is 0 Å². The second-order valence-corrected chi connectivity index (χ2v) is 4.38. The van der Waals surface area contributed by atoms with E-state index in [1.165, 1.54) is 11.1 Å². The van der Waals surface area contributed by atoms with E-state index in [1.54, 1.807) is 0 Å². The third-order valence-corrected chi connectivity index (χ3v) is 2.76. The monoisotopic (exact) mass is 191 g/mol. The van der Waals surface area contributed by atoms with Crippen molar-refractivity contribution in [3.63, 3.8) is 0 Å². The third-order valence-electron chi connectivity index (χ3n) is 2.76. The average Bonchev–Trinajstić information content (AvgIpc) is 2.09. The van der Waals surface area contributed by atoms with Gasteiger partial charge in [-0.15, -0.1) is 0 Å². The smallest absolute Gasteiger partial charge is 0.131 e. The van der Waals surface area contributed by atoms with Crippen LogP contribution >= 0.6 is 0 Å². The largest absolute Gasteiger partial charge is 0.484 e. The normalized spacial score (nSPS) is 18.8. The molecule has 1 fully saturated rings. The quantitative estimate of drug-likeness (QED) is 0.772. The molecule has 0 amide bonds. The summed E-state index contributed by atoms with van der Waals surface area (Å²) in [4.78, 5) is 0. The van der Waals surface area contributed by atoms with Crippen LogP contribution in [0.2, 0.25) is 0 Å². The molecule has 76 valence electrons. The van der Waals surface area contributed by atoms with Crippen LogP contribution in [0.3, 0.4) is 0 Å². The molecule has 0 spiro atoms. The highest BCUT2D eigenvalue weighted by molar-refractivity contribution is 5.40. The molecule has 1 N–H and O–H groups in total. The van der Waals surface area contributed by atoms with E-state index in [0.717, 1.165) is 18.8 Å². The molecule has 1 aromatic rings. The Kier molecular flexibility index (Phi) is 2.23. The first-order valence-electron chi connectivity index (χ1n) is 5.07. The van der Waals surface area contributed by atoms with E-state index >= 15 is 0 Å². The lowest BCUT2D eigenvalue weighted by Gasteiger charge is -2.40. The molecule has 0 saturated carbocycles. The molecule has 2 heteroatoms. The number of benzene rings is 1. The lowest BCUT2D eigenvalue weighted by atomic mass is 9.99. The van der Waals surface area contributed by atoms with Crippen molar-refractivity contribution >= 4 is 0 Å². The van der Waals surface area contributed by atoms with Crippen LogP contribution in [0, 0.1) is 13.8 Å². The molecule has 2 nitrogen and oxygen atoms in total. The highest BCUT2D eigenvalue weighted by atomic mass is 16.5. The van der Waals surface area contributed by atoms with E-state index in [-0.39, 0.29) is 5.60 Å². The van der Waals surface area contributed by atoms with Crippen molar-refractivity contribution < 1.29 is 4.74 Å². The molecule has 1 saturated heterocycles. The first-order chi connectivity index (χ1) is 6.61. The third kappa shape index (κ3) is 1.62. The van der Waals surface area contributed by atoms with Gasteiger partial charge >= 0.3 is 0 Å². The van der Waals surface area contributed by atoms with Crippen molar-refractivity contribution in [1.29, 1.82) is 0 Å². The highest BCUT2D eigenvalue weighted by Crippen LogP contribution is 2.28. The number of hydrogen-bond acceptors (Lipinski definition) is 2. The van der Waals surface area contributed by atoms with Crippen LogP contribution in [0.15, 0.2) is 18.2 Å². The van der Waals surface area contributed by atoms with E-state index in [9.17, 15) is 0 Å². The molecule has 1 aliphatic heterocycles. The predicted octanol–water partition coefficient (Wildman–Crippen LogP) is 2.04. The molecule has 14 heavy (non-hydrogen) atoms. The Balaban J connectivity index is 2.23. The molecule has 2 rings (SSSR count). The number of hydrogen-bond donors (Lipinski definition) is 1. The van der Waals surface area contributed by atoms with Crippen LogP contribution in [-0.4, -0.2) is 18.7 Å². The lowest BCUT2D eigenvalue weighted by Crippen LogP contribution is -2.61. The van der Waals surface area contributed by atoms with E-state index in [2.05, 4.69) is 44.3 Å². The van der Waals surface area contributed by atoms with Crippen molar-refractivity contribution in [1.82, 2.24) is 5.32 Å². The Bertz CT molecular complexity index is 322. The van der Waals surface area contributed by atoms with Crippen LogP contribution in [0.5, 0.6) is 5.75 Å². The Hall–Kier alpha value is -1.02. The van der Waals surface area contributed by atoms with Crippen molar-refractivity contribution in [2.75, 3.05) is 13.1 Å². The van der Waals surface area contributed by atoms with Gasteiger partial charge in [-0.1, -0.05) is 18.2 Å².